The molecular formula is C17H14ClFN2O2. The van der Waals surface area contributed by atoms with E-state index in [-0.39, 0.29) is 12.4 Å². The number of ether oxygens (including phenoxy) is 1. The van der Waals surface area contributed by atoms with Gasteiger partial charge in [0, 0.05) is 17.5 Å². The summed E-state index contributed by atoms with van der Waals surface area (Å²) in [5, 5.41) is 8.25. The Labute approximate surface area is 137 Å². The molecule has 3 rings (SSSR count). The summed E-state index contributed by atoms with van der Waals surface area (Å²) < 4.78 is 24.8. The van der Waals surface area contributed by atoms with E-state index in [4.69, 9.17) is 20.8 Å². The van der Waals surface area contributed by atoms with Crippen LogP contribution in [0.5, 0.6) is 5.75 Å². The molecule has 23 heavy (non-hydrogen) atoms. The van der Waals surface area contributed by atoms with Crippen LogP contribution in [0.25, 0.3) is 11.5 Å². The summed E-state index contributed by atoms with van der Waals surface area (Å²) in [5.74, 6) is 1.27. The SMILES string of the molecule is CCc1nnc(-c2ccc(OCc3c(F)cccc3Cl)cc2)o1. The van der Waals surface area contributed by atoms with Gasteiger partial charge in [0.25, 0.3) is 0 Å². The number of aromatic nitrogens is 2. The van der Waals surface area contributed by atoms with Crippen LogP contribution in [0.1, 0.15) is 18.4 Å². The molecule has 0 bridgehead atoms. The van der Waals surface area contributed by atoms with Crippen molar-refractivity contribution < 1.29 is 13.5 Å². The van der Waals surface area contributed by atoms with E-state index in [1.54, 1.807) is 24.3 Å². The molecule has 0 unspecified atom stereocenters. The van der Waals surface area contributed by atoms with Gasteiger partial charge in [0.1, 0.15) is 18.2 Å². The first-order valence-corrected chi connectivity index (χ1v) is 7.53. The van der Waals surface area contributed by atoms with E-state index >= 15 is 0 Å². The second-order valence-electron chi connectivity index (χ2n) is 4.87. The highest BCUT2D eigenvalue weighted by molar-refractivity contribution is 6.31. The summed E-state index contributed by atoms with van der Waals surface area (Å²) in [5.41, 5.74) is 1.14. The van der Waals surface area contributed by atoms with Crippen molar-refractivity contribution in [3.05, 3.63) is 64.8 Å². The standard InChI is InChI=1S/C17H14ClFN2O2/c1-2-16-20-21-17(23-16)11-6-8-12(9-7-11)22-10-13-14(18)4-3-5-15(13)19/h3-9H,2,10H2,1H3. The van der Waals surface area contributed by atoms with Crippen LogP contribution in [-0.2, 0) is 13.0 Å². The molecule has 1 aromatic heterocycles. The fraction of sp³-hybridized carbons (Fsp3) is 0.176. The zero-order chi connectivity index (χ0) is 16.2. The van der Waals surface area contributed by atoms with E-state index in [0.29, 0.717) is 34.5 Å². The molecule has 1 heterocycles. The largest absolute Gasteiger partial charge is 0.489 e. The third-order valence-corrected chi connectivity index (χ3v) is 3.67. The molecule has 4 nitrogen and oxygen atoms in total. The minimum atomic E-state index is -0.382. The number of hydrogen-bond donors (Lipinski definition) is 0. The van der Waals surface area contributed by atoms with Gasteiger partial charge in [0.05, 0.1) is 5.02 Å². The molecule has 2 aromatic carbocycles. The van der Waals surface area contributed by atoms with Gasteiger partial charge in [0.15, 0.2) is 0 Å². The van der Waals surface area contributed by atoms with Crippen molar-refractivity contribution in [1.82, 2.24) is 10.2 Å². The van der Waals surface area contributed by atoms with Gasteiger partial charge < -0.3 is 9.15 Å². The molecule has 0 radical (unpaired) electrons. The van der Waals surface area contributed by atoms with Crippen LogP contribution in [0.2, 0.25) is 5.02 Å². The highest BCUT2D eigenvalue weighted by Crippen LogP contribution is 2.24. The van der Waals surface area contributed by atoms with Crippen LogP contribution >= 0.6 is 11.6 Å². The number of rotatable bonds is 5. The maximum absolute atomic E-state index is 13.7. The van der Waals surface area contributed by atoms with Crippen molar-refractivity contribution in [1.29, 1.82) is 0 Å². The number of aryl methyl sites for hydroxylation is 1. The zero-order valence-corrected chi connectivity index (χ0v) is 13.2. The lowest BCUT2D eigenvalue weighted by Gasteiger charge is -2.09. The van der Waals surface area contributed by atoms with Gasteiger partial charge in [-0.05, 0) is 36.4 Å². The smallest absolute Gasteiger partial charge is 0.247 e. The van der Waals surface area contributed by atoms with Crippen molar-refractivity contribution in [2.75, 3.05) is 0 Å². The van der Waals surface area contributed by atoms with Crippen LogP contribution in [0.3, 0.4) is 0 Å². The summed E-state index contributed by atoms with van der Waals surface area (Å²) in [4.78, 5) is 0. The molecule has 0 saturated carbocycles. The van der Waals surface area contributed by atoms with Gasteiger partial charge in [-0.1, -0.05) is 24.6 Å². The lowest BCUT2D eigenvalue weighted by molar-refractivity contribution is 0.300. The van der Waals surface area contributed by atoms with Crippen LogP contribution in [-0.4, -0.2) is 10.2 Å². The molecular weight excluding hydrogens is 319 g/mol. The number of benzene rings is 2. The lowest BCUT2D eigenvalue weighted by atomic mass is 10.2. The number of nitrogens with zero attached hydrogens (tertiary/aromatic N) is 2. The van der Waals surface area contributed by atoms with Gasteiger partial charge in [-0.25, -0.2) is 4.39 Å². The lowest BCUT2D eigenvalue weighted by Crippen LogP contribution is -1.99. The van der Waals surface area contributed by atoms with Gasteiger partial charge in [-0.3, -0.25) is 0 Å². The normalized spacial score (nSPS) is 10.7. The van der Waals surface area contributed by atoms with E-state index < -0.39 is 0 Å². The Bertz CT molecular complexity index is 782. The molecule has 0 aliphatic rings. The van der Waals surface area contributed by atoms with Crippen molar-refractivity contribution in [2.24, 2.45) is 0 Å². The minimum Gasteiger partial charge on any atom is -0.489 e. The van der Waals surface area contributed by atoms with Gasteiger partial charge in [-0.15, -0.1) is 10.2 Å². The maximum atomic E-state index is 13.7. The van der Waals surface area contributed by atoms with Gasteiger partial charge in [0.2, 0.25) is 11.8 Å². The molecule has 118 valence electrons. The summed E-state index contributed by atoms with van der Waals surface area (Å²) >= 11 is 5.97. The molecule has 6 heteroatoms. The highest BCUT2D eigenvalue weighted by Gasteiger charge is 2.09. The first-order chi connectivity index (χ1) is 11.2. The van der Waals surface area contributed by atoms with Gasteiger partial charge >= 0.3 is 0 Å². The summed E-state index contributed by atoms with van der Waals surface area (Å²) in [6, 6.07) is 11.7. The van der Waals surface area contributed by atoms with Crippen molar-refractivity contribution in [3.8, 4) is 17.2 Å². The van der Waals surface area contributed by atoms with E-state index in [1.807, 2.05) is 19.1 Å². The molecule has 0 amide bonds. The quantitative estimate of drug-likeness (QED) is 0.681. The third-order valence-electron chi connectivity index (χ3n) is 3.32. The number of hydrogen-bond acceptors (Lipinski definition) is 4. The van der Waals surface area contributed by atoms with Crippen molar-refractivity contribution >= 4 is 11.6 Å². The first-order valence-electron chi connectivity index (χ1n) is 7.16. The topological polar surface area (TPSA) is 48.2 Å². The fourth-order valence-corrected chi connectivity index (χ4v) is 2.25. The number of halogens is 2. The van der Waals surface area contributed by atoms with E-state index in [9.17, 15) is 4.39 Å². The van der Waals surface area contributed by atoms with E-state index in [1.165, 1.54) is 6.07 Å². The monoisotopic (exact) mass is 332 g/mol. The Kier molecular flexibility index (Phi) is 4.57. The first kappa shape index (κ1) is 15.5. The molecule has 0 saturated heterocycles. The molecule has 0 aliphatic heterocycles. The zero-order valence-electron chi connectivity index (χ0n) is 12.4. The maximum Gasteiger partial charge on any atom is 0.247 e. The van der Waals surface area contributed by atoms with E-state index in [0.717, 1.165) is 5.56 Å². The molecule has 0 spiro atoms. The molecule has 0 atom stereocenters. The Morgan fingerprint density at radius 3 is 2.57 bits per heavy atom. The fourth-order valence-electron chi connectivity index (χ4n) is 2.03. The minimum absolute atomic E-state index is 0.0609. The Morgan fingerprint density at radius 2 is 1.91 bits per heavy atom. The Morgan fingerprint density at radius 1 is 1.13 bits per heavy atom. The molecule has 3 aromatic rings. The predicted molar refractivity (Wildman–Crippen MR) is 84.9 cm³/mol. The highest BCUT2D eigenvalue weighted by atomic mass is 35.5. The van der Waals surface area contributed by atoms with Crippen molar-refractivity contribution in [3.63, 3.8) is 0 Å². The van der Waals surface area contributed by atoms with Crippen molar-refractivity contribution in [2.45, 2.75) is 20.0 Å². The second kappa shape index (κ2) is 6.79. The average Bonchev–Trinajstić information content (AvgIpc) is 3.04. The second-order valence-corrected chi connectivity index (χ2v) is 5.27. The summed E-state index contributed by atoms with van der Waals surface area (Å²) in [6.07, 6.45) is 0.692. The van der Waals surface area contributed by atoms with E-state index in [2.05, 4.69) is 10.2 Å². The van der Waals surface area contributed by atoms with Gasteiger partial charge in [-0.2, -0.15) is 0 Å². The van der Waals surface area contributed by atoms with Crippen LogP contribution in [0, 0.1) is 5.82 Å². The summed E-state index contributed by atoms with van der Waals surface area (Å²) in [7, 11) is 0. The Balaban J connectivity index is 1.70. The van der Waals surface area contributed by atoms with Crippen LogP contribution in [0.4, 0.5) is 4.39 Å². The molecule has 0 N–H and O–H groups in total. The third kappa shape index (κ3) is 3.51. The molecule has 0 fully saturated rings. The molecule has 0 aliphatic carbocycles. The average molecular weight is 333 g/mol. The predicted octanol–water partition coefficient (Wildman–Crippen LogP) is 4.67. The van der Waals surface area contributed by atoms with Crippen LogP contribution < -0.4 is 4.74 Å². The van der Waals surface area contributed by atoms with Crippen LogP contribution in [0.15, 0.2) is 46.9 Å². The Hall–Kier alpha value is -2.40. The summed E-state index contributed by atoms with van der Waals surface area (Å²) in [6.45, 7) is 2.01.